The number of methoxy groups -OCH3 is 1. The van der Waals surface area contributed by atoms with Crippen LogP contribution < -0.4 is 9.64 Å². The van der Waals surface area contributed by atoms with Crippen LogP contribution in [-0.4, -0.2) is 57.1 Å². The predicted octanol–water partition coefficient (Wildman–Crippen LogP) is 4.67. The summed E-state index contributed by atoms with van der Waals surface area (Å²) in [4.78, 5) is 8.54. The molecule has 1 spiro atoms. The minimum atomic E-state index is -1.07. The Hall–Kier alpha value is -2.78. The van der Waals surface area contributed by atoms with Crippen molar-refractivity contribution in [2.45, 2.75) is 50.4 Å². The molecule has 3 fully saturated rings. The van der Waals surface area contributed by atoms with Crippen molar-refractivity contribution >= 4 is 17.4 Å². The zero-order chi connectivity index (χ0) is 24.7. The van der Waals surface area contributed by atoms with Crippen LogP contribution in [0.3, 0.4) is 0 Å². The summed E-state index contributed by atoms with van der Waals surface area (Å²) < 4.78 is 35.7. The van der Waals surface area contributed by atoms with Crippen molar-refractivity contribution in [3.05, 3.63) is 58.5 Å². The summed E-state index contributed by atoms with van der Waals surface area (Å²) in [5.41, 5.74) is 1.24. The van der Waals surface area contributed by atoms with Gasteiger partial charge in [0.25, 0.3) is 0 Å². The molecule has 0 atom stereocenters. The number of benzene rings is 1. The van der Waals surface area contributed by atoms with Crippen LogP contribution >= 0.6 is 11.6 Å². The molecular weight excluding hydrogens is 486 g/mol. The number of rotatable bonds is 5. The summed E-state index contributed by atoms with van der Waals surface area (Å²) in [5.74, 6) is 2.87. The zero-order valence-corrected chi connectivity index (χ0v) is 20.8. The maximum Gasteiger partial charge on any atom is 0.171 e. The minimum absolute atomic E-state index is 0.199. The van der Waals surface area contributed by atoms with Crippen molar-refractivity contribution in [1.29, 1.82) is 0 Å². The number of nitrogens with zero attached hydrogens (tertiary/aromatic N) is 6. The second-order valence-electron chi connectivity index (χ2n) is 11.0. The highest BCUT2D eigenvalue weighted by Gasteiger charge is 2.55. The first kappa shape index (κ1) is 22.4. The Morgan fingerprint density at radius 1 is 1.14 bits per heavy atom. The third-order valence-corrected chi connectivity index (χ3v) is 8.43. The quantitative estimate of drug-likeness (QED) is 0.495. The lowest BCUT2D eigenvalue weighted by Crippen LogP contribution is -2.62. The second-order valence-corrected chi connectivity index (χ2v) is 11.5. The largest absolute Gasteiger partial charge is 0.493 e. The lowest BCUT2D eigenvalue weighted by molar-refractivity contribution is 0.0577. The molecule has 1 aromatic carbocycles. The summed E-state index contributed by atoms with van der Waals surface area (Å²) in [6.07, 6.45) is 4.50. The molecule has 0 bridgehead atoms. The number of alkyl halides is 1. The van der Waals surface area contributed by atoms with E-state index in [1.54, 1.807) is 0 Å². The van der Waals surface area contributed by atoms with Crippen LogP contribution in [0.15, 0.2) is 30.5 Å². The molecule has 7 rings (SSSR count). The van der Waals surface area contributed by atoms with Gasteiger partial charge in [0.2, 0.25) is 0 Å². The molecule has 2 saturated carbocycles. The maximum absolute atomic E-state index is 14.7. The molecule has 2 aliphatic heterocycles. The van der Waals surface area contributed by atoms with Crippen molar-refractivity contribution < 1.29 is 13.5 Å². The molecule has 10 heteroatoms. The molecule has 0 amide bonds. The molecule has 3 aromatic rings. The van der Waals surface area contributed by atoms with E-state index >= 15 is 0 Å². The van der Waals surface area contributed by atoms with Gasteiger partial charge in [0.15, 0.2) is 17.4 Å². The third kappa shape index (κ3) is 3.66. The van der Waals surface area contributed by atoms with Crippen LogP contribution in [0.5, 0.6) is 5.75 Å². The Labute approximate surface area is 213 Å². The lowest BCUT2D eigenvalue weighted by Gasteiger charge is -2.59. The van der Waals surface area contributed by atoms with Gasteiger partial charge >= 0.3 is 0 Å². The fourth-order valence-electron chi connectivity index (χ4n) is 6.30. The molecule has 2 aliphatic carbocycles. The molecule has 0 N–H and O–H groups in total. The molecule has 4 heterocycles. The first-order chi connectivity index (χ1) is 17.3. The highest BCUT2D eigenvalue weighted by Crippen LogP contribution is 2.57. The number of halogens is 3. The predicted molar refractivity (Wildman–Crippen MR) is 131 cm³/mol. The standard InChI is InChI=1S/C26H27ClF2N6O/c1-36-21-7-19(28)10-30-24(21)34-13-25(14-34)8-17(9-25)23-32-31-22-12-33(15-26(29)4-5-26)11-16-6-18(27)2-3-20(16)35(22)23/h2-3,6-7,10,17H,4-5,8-9,11-15H2,1H3. The summed E-state index contributed by atoms with van der Waals surface area (Å²) in [6.45, 7) is 3.33. The Balaban J connectivity index is 1.12. The molecule has 1 saturated heterocycles. The van der Waals surface area contributed by atoms with E-state index in [9.17, 15) is 8.78 Å². The van der Waals surface area contributed by atoms with E-state index in [4.69, 9.17) is 16.3 Å². The monoisotopic (exact) mass is 512 g/mol. The Morgan fingerprint density at radius 2 is 1.94 bits per heavy atom. The summed E-state index contributed by atoms with van der Waals surface area (Å²) in [6, 6.07) is 7.29. The average Bonchev–Trinajstić information content (AvgIpc) is 3.42. The van der Waals surface area contributed by atoms with Crippen LogP contribution in [0.4, 0.5) is 14.6 Å². The van der Waals surface area contributed by atoms with Gasteiger partial charge in [-0.1, -0.05) is 11.6 Å². The normalized spacial score (nSPS) is 21.8. The number of aromatic nitrogens is 4. The average molecular weight is 513 g/mol. The Bertz CT molecular complexity index is 1340. The lowest BCUT2D eigenvalue weighted by atomic mass is 9.57. The van der Waals surface area contributed by atoms with Crippen molar-refractivity contribution in [3.63, 3.8) is 0 Å². The SMILES string of the molecule is COc1cc(F)cnc1N1CC2(CC(c3nnc4n3-c3ccc(Cl)cc3CN(CC3(F)CC3)C4)C2)C1. The summed E-state index contributed by atoms with van der Waals surface area (Å²) in [5, 5.41) is 9.89. The maximum atomic E-state index is 14.7. The van der Waals surface area contributed by atoms with E-state index in [0.29, 0.717) is 55.0 Å². The molecule has 188 valence electrons. The van der Waals surface area contributed by atoms with Gasteiger partial charge in [-0.25, -0.2) is 13.8 Å². The smallest absolute Gasteiger partial charge is 0.171 e. The molecule has 4 aliphatic rings. The molecular formula is C26H27ClF2N6O. The molecule has 0 radical (unpaired) electrons. The number of hydrogen-bond acceptors (Lipinski definition) is 6. The van der Waals surface area contributed by atoms with Crippen LogP contribution in [0.2, 0.25) is 5.02 Å². The molecule has 0 unspecified atom stereocenters. The summed E-state index contributed by atoms with van der Waals surface area (Å²) >= 11 is 6.35. The minimum Gasteiger partial charge on any atom is -0.493 e. The first-order valence-corrected chi connectivity index (χ1v) is 12.8. The van der Waals surface area contributed by atoms with Gasteiger partial charge in [-0.2, -0.15) is 0 Å². The zero-order valence-electron chi connectivity index (χ0n) is 20.1. The van der Waals surface area contributed by atoms with Crippen LogP contribution in [0, 0.1) is 11.2 Å². The second kappa shape index (κ2) is 7.86. The Morgan fingerprint density at radius 3 is 2.69 bits per heavy atom. The molecule has 36 heavy (non-hydrogen) atoms. The number of pyridine rings is 1. The van der Waals surface area contributed by atoms with Gasteiger partial charge in [0, 0.05) is 48.6 Å². The van der Waals surface area contributed by atoms with Gasteiger partial charge in [0.1, 0.15) is 17.3 Å². The van der Waals surface area contributed by atoms with Crippen molar-refractivity contribution in [3.8, 4) is 11.4 Å². The van der Waals surface area contributed by atoms with Gasteiger partial charge in [0.05, 0.1) is 25.5 Å². The van der Waals surface area contributed by atoms with Crippen LogP contribution in [0.25, 0.3) is 5.69 Å². The fraction of sp³-hybridized carbons (Fsp3) is 0.500. The fourth-order valence-corrected chi connectivity index (χ4v) is 6.50. The first-order valence-electron chi connectivity index (χ1n) is 12.4. The number of hydrogen-bond donors (Lipinski definition) is 0. The van der Waals surface area contributed by atoms with E-state index in [2.05, 4.69) is 29.5 Å². The van der Waals surface area contributed by atoms with Crippen LogP contribution in [-0.2, 0) is 13.1 Å². The molecule has 7 nitrogen and oxygen atoms in total. The summed E-state index contributed by atoms with van der Waals surface area (Å²) in [7, 11) is 1.54. The van der Waals surface area contributed by atoms with Gasteiger partial charge < -0.3 is 9.64 Å². The van der Waals surface area contributed by atoms with Gasteiger partial charge in [-0.15, -0.1) is 10.2 Å². The number of fused-ring (bicyclic) bond motifs is 3. The van der Waals surface area contributed by atoms with Crippen molar-refractivity contribution in [1.82, 2.24) is 24.6 Å². The van der Waals surface area contributed by atoms with E-state index in [-0.39, 0.29) is 5.41 Å². The van der Waals surface area contributed by atoms with Gasteiger partial charge in [-0.3, -0.25) is 9.47 Å². The third-order valence-electron chi connectivity index (χ3n) is 8.19. The highest BCUT2D eigenvalue weighted by molar-refractivity contribution is 6.30. The number of ether oxygens (including phenoxy) is 1. The van der Waals surface area contributed by atoms with E-state index < -0.39 is 11.5 Å². The van der Waals surface area contributed by atoms with E-state index in [0.717, 1.165) is 48.8 Å². The van der Waals surface area contributed by atoms with E-state index in [1.807, 2.05) is 18.2 Å². The number of anilines is 1. The molecule has 2 aromatic heterocycles. The van der Waals surface area contributed by atoms with Gasteiger partial charge in [-0.05, 0) is 49.4 Å². The Kier molecular flexibility index (Phi) is 4.89. The van der Waals surface area contributed by atoms with Crippen molar-refractivity contribution in [2.24, 2.45) is 5.41 Å². The van der Waals surface area contributed by atoms with Crippen molar-refractivity contribution in [2.75, 3.05) is 31.6 Å². The van der Waals surface area contributed by atoms with Crippen LogP contribution in [0.1, 0.15) is 48.8 Å². The highest BCUT2D eigenvalue weighted by atomic mass is 35.5. The van der Waals surface area contributed by atoms with E-state index in [1.165, 1.54) is 19.4 Å². The topological polar surface area (TPSA) is 59.3 Å².